The van der Waals surface area contributed by atoms with Gasteiger partial charge in [-0.15, -0.1) is 0 Å². The number of nitrogens with zero attached hydrogens (tertiary/aromatic N) is 2. The predicted octanol–water partition coefficient (Wildman–Crippen LogP) is 1.61. The lowest BCUT2D eigenvalue weighted by molar-refractivity contribution is -0.143. The molecule has 3 aromatic rings. The van der Waals surface area contributed by atoms with Crippen LogP contribution in [-0.2, 0) is 20.8 Å². The highest BCUT2D eigenvalue weighted by Crippen LogP contribution is 2.16. The van der Waals surface area contributed by atoms with Crippen molar-refractivity contribution in [1.82, 2.24) is 14.9 Å². The lowest BCUT2D eigenvalue weighted by Gasteiger charge is -2.22. The molecular weight excluding hydrogens is 402 g/mol. The number of hydrogen-bond donors (Lipinski definition) is 3. The minimum atomic E-state index is -1.40. The van der Waals surface area contributed by atoms with Gasteiger partial charge in [-0.1, -0.05) is 42.5 Å². The van der Waals surface area contributed by atoms with Crippen molar-refractivity contribution in [3.8, 4) is 0 Å². The molecule has 0 aliphatic heterocycles. The van der Waals surface area contributed by atoms with E-state index in [-0.39, 0.29) is 12.8 Å². The molecular formula is C22H21N3O6. The quantitative estimate of drug-likeness (QED) is 0.475. The molecule has 0 fully saturated rings. The first kappa shape index (κ1) is 21.7. The Morgan fingerprint density at radius 1 is 1.00 bits per heavy atom. The van der Waals surface area contributed by atoms with Gasteiger partial charge < -0.3 is 15.5 Å². The summed E-state index contributed by atoms with van der Waals surface area (Å²) in [5.41, 5.74) is 0.812. The zero-order valence-corrected chi connectivity index (χ0v) is 16.5. The van der Waals surface area contributed by atoms with Gasteiger partial charge >= 0.3 is 11.9 Å². The van der Waals surface area contributed by atoms with Gasteiger partial charge in [0.05, 0.1) is 17.2 Å². The summed E-state index contributed by atoms with van der Waals surface area (Å²) < 4.78 is 1.18. The Balaban J connectivity index is 1.97. The number of fused-ring (bicyclic) bond motifs is 1. The maximum atomic E-state index is 13.1. The number of aromatic nitrogens is 2. The highest BCUT2D eigenvalue weighted by atomic mass is 16.4. The second-order valence-electron chi connectivity index (χ2n) is 7.01. The maximum absolute atomic E-state index is 13.1. The zero-order chi connectivity index (χ0) is 22.4. The Hall–Kier alpha value is -4.01. The van der Waals surface area contributed by atoms with Crippen LogP contribution < -0.4 is 10.9 Å². The lowest BCUT2D eigenvalue weighted by atomic mass is 10.0. The molecule has 2 unspecified atom stereocenters. The van der Waals surface area contributed by atoms with Crippen molar-refractivity contribution in [2.45, 2.75) is 31.3 Å². The van der Waals surface area contributed by atoms with Crippen molar-refractivity contribution in [3.63, 3.8) is 0 Å². The van der Waals surface area contributed by atoms with E-state index in [1.165, 1.54) is 10.9 Å². The molecule has 9 heteroatoms. The van der Waals surface area contributed by atoms with Crippen LogP contribution in [0.2, 0.25) is 0 Å². The molecule has 0 aliphatic carbocycles. The number of carboxylic acids is 2. The van der Waals surface area contributed by atoms with E-state index in [0.717, 1.165) is 5.56 Å². The number of nitrogens with one attached hydrogen (secondary N) is 1. The number of aliphatic carboxylic acids is 2. The van der Waals surface area contributed by atoms with Crippen LogP contribution in [-0.4, -0.2) is 43.7 Å². The second-order valence-corrected chi connectivity index (χ2v) is 7.01. The summed E-state index contributed by atoms with van der Waals surface area (Å²) in [5, 5.41) is 20.9. The molecule has 0 saturated heterocycles. The van der Waals surface area contributed by atoms with Crippen LogP contribution >= 0.6 is 0 Å². The SMILES string of the molecule is O=C(O)CCC(NC(=O)C(Cc1ccccc1)n1cnc2ccccc2c1=O)C(=O)O. The summed E-state index contributed by atoms with van der Waals surface area (Å²) >= 11 is 0. The molecule has 0 aliphatic rings. The van der Waals surface area contributed by atoms with E-state index in [9.17, 15) is 24.3 Å². The van der Waals surface area contributed by atoms with Gasteiger partial charge in [0.15, 0.2) is 0 Å². The van der Waals surface area contributed by atoms with E-state index in [1.807, 2.05) is 6.07 Å². The highest BCUT2D eigenvalue weighted by molar-refractivity contribution is 5.87. The summed E-state index contributed by atoms with van der Waals surface area (Å²) in [6.45, 7) is 0. The van der Waals surface area contributed by atoms with E-state index in [1.54, 1.807) is 48.5 Å². The van der Waals surface area contributed by atoms with E-state index >= 15 is 0 Å². The van der Waals surface area contributed by atoms with Crippen molar-refractivity contribution in [1.29, 1.82) is 0 Å². The number of carboxylic acid groups (broad SMARTS) is 2. The van der Waals surface area contributed by atoms with Gasteiger partial charge in [-0.3, -0.25) is 19.0 Å². The number of amides is 1. The third-order valence-corrected chi connectivity index (χ3v) is 4.86. The smallest absolute Gasteiger partial charge is 0.326 e. The molecule has 0 spiro atoms. The monoisotopic (exact) mass is 423 g/mol. The Morgan fingerprint density at radius 2 is 1.68 bits per heavy atom. The molecule has 3 rings (SSSR count). The normalized spacial score (nSPS) is 12.8. The summed E-state index contributed by atoms with van der Waals surface area (Å²) in [5.74, 6) is -3.23. The largest absolute Gasteiger partial charge is 0.481 e. The van der Waals surface area contributed by atoms with Crippen LogP contribution in [0.4, 0.5) is 0 Å². The van der Waals surface area contributed by atoms with Crippen LogP contribution in [0.25, 0.3) is 10.9 Å². The molecule has 2 atom stereocenters. The number of hydrogen-bond acceptors (Lipinski definition) is 5. The first-order valence-corrected chi connectivity index (χ1v) is 9.61. The standard InChI is InChI=1S/C22H21N3O6/c26-19(27)11-10-17(22(30)31)24-20(28)18(12-14-6-2-1-3-7-14)25-13-23-16-9-5-4-8-15(16)21(25)29/h1-9,13,17-18H,10-12H2,(H,24,28)(H,26,27)(H,30,31). The maximum Gasteiger partial charge on any atom is 0.326 e. The minimum Gasteiger partial charge on any atom is -0.481 e. The van der Waals surface area contributed by atoms with Crippen molar-refractivity contribution in [2.75, 3.05) is 0 Å². The minimum absolute atomic E-state index is 0.123. The first-order valence-electron chi connectivity index (χ1n) is 9.61. The molecule has 31 heavy (non-hydrogen) atoms. The molecule has 1 amide bonds. The molecule has 9 nitrogen and oxygen atoms in total. The fraction of sp³-hybridized carbons (Fsp3) is 0.227. The Labute approximate surface area is 177 Å². The van der Waals surface area contributed by atoms with E-state index < -0.39 is 41.9 Å². The van der Waals surface area contributed by atoms with Crippen LogP contribution in [0, 0.1) is 0 Å². The van der Waals surface area contributed by atoms with Gasteiger partial charge in [0.1, 0.15) is 12.1 Å². The molecule has 1 aromatic heterocycles. The fourth-order valence-electron chi connectivity index (χ4n) is 3.25. The molecule has 0 bridgehead atoms. The average molecular weight is 423 g/mol. The van der Waals surface area contributed by atoms with Crippen LogP contribution in [0.15, 0.2) is 65.7 Å². The highest BCUT2D eigenvalue weighted by Gasteiger charge is 2.28. The van der Waals surface area contributed by atoms with Crippen LogP contribution in [0.5, 0.6) is 0 Å². The Kier molecular flexibility index (Phi) is 6.76. The van der Waals surface area contributed by atoms with E-state index in [4.69, 9.17) is 5.11 Å². The van der Waals surface area contributed by atoms with Crippen LogP contribution in [0.1, 0.15) is 24.4 Å². The summed E-state index contributed by atoms with van der Waals surface area (Å²) in [4.78, 5) is 52.7. The molecule has 3 N–H and O–H groups in total. The van der Waals surface area contributed by atoms with Gasteiger partial charge in [0, 0.05) is 12.8 Å². The average Bonchev–Trinajstić information content (AvgIpc) is 2.76. The Morgan fingerprint density at radius 3 is 2.35 bits per heavy atom. The van der Waals surface area contributed by atoms with Crippen molar-refractivity contribution >= 4 is 28.7 Å². The second kappa shape index (κ2) is 9.66. The molecule has 0 saturated carbocycles. The summed E-state index contributed by atoms with van der Waals surface area (Å²) in [6, 6.07) is 13.2. The molecule has 1 heterocycles. The van der Waals surface area contributed by atoms with Gasteiger partial charge in [0.2, 0.25) is 5.91 Å². The predicted molar refractivity (Wildman–Crippen MR) is 112 cm³/mol. The van der Waals surface area contributed by atoms with Gasteiger partial charge in [-0.05, 0) is 24.1 Å². The summed E-state index contributed by atoms with van der Waals surface area (Å²) in [7, 11) is 0. The van der Waals surface area contributed by atoms with Crippen molar-refractivity contribution in [3.05, 3.63) is 76.8 Å². The van der Waals surface area contributed by atoms with Crippen molar-refractivity contribution in [2.24, 2.45) is 0 Å². The number of para-hydroxylation sites is 1. The number of carbonyl (C=O) groups is 3. The fourth-order valence-corrected chi connectivity index (χ4v) is 3.25. The summed E-state index contributed by atoms with van der Waals surface area (Å²) in [6.07, 6.45) is 0.695. The van der Waals surface area contributed by atoms with Gasteiger partial charge in [0.25, 0.3) is 5.56 Å². The third kappa shape index (κ3) is 5.33. The lowest BCUT2D eigenvalue weighted by Crippen LogP contribution is -2.46. The molecule has 160 valence electrons. The van der Waals surface area contributed by atoms with E-state index in [0.29, 0.717) is 10.9 Å². The first-order chi connectivity index (χ1) is 14.9. The van der Waals surface area contributed by atoms with Gasteiger partial charge in [-0.25, -0.2) is 9.78 Å². The van der Waals surface area contributed by atoms with E-state index in [2.05, 4.69) is 10.3 Å². The Bertz CT molecular complexity index is 1160. The third-order valence-electron chi connectivity index (χ3n) is 4.86. The van der Waals surface area contributed by atoms with Gasteiger partial charge in [-0.2, -0.15) is 0 Å². The number of carbonyl (C=O) groups excluding carboxylic acids is 1. The van der Waals surface area contributed by atoms with Crippen LogP contribution in [0.3, 0.4) is 0 Å². The molecule has 0 radical (unpaired) electrons. The topological polar surface area (TPSA) is 139 Å². The molecule has 2 aromatic carbocycles. The zero-order valence-electron chi connectivity index (χ0n) is 16.5. The van der Waals surface area contributed by atoms with Crippen molar-refractivity contribution < 1.29 is 24.6 Å². The number of rotatable bonds is 9. The number of benzene rings is 2.